The van der Waals surface area contributed by atoms with Gasteiger partial charge in [0.25, 0.3) is 5.91 Å². The standard InChI is InChI=1S/C19H19N3O7/c1-29-13(24)8-12-11-6-7-21(19(28)20-9-2-4-10(23)5-3-9)16-14(11)22(17(16)25)15(12)18(26)27/h2-5,11,14,16,23H,6-8H2,1H3,(H,20,28)(H,26,27)/t11?,14-,16+/m1/s1. The molecular weight excluding hydrogens is 382 g/mol. The minimum atomic E-state index is -1.27. The molecule has 3 aliphatic rings. The maximum atomic E-state index is 12.7. The molecule has 3 N–H and O–H groups in total. The zero-order chi connectivity index (χ0) is 20.9. The van der Waals surface area contributed by atoms with E-state index in [0.717, 1.165) is 0 Å². The van der Waals surface area contributed by atoms with Crippen LogP contribution in [0.4, 0.5) is 10.5 Å². The van der Waals surface area contributed by atoms with Gasteiger partial charge in [-0.05, 0) is 36.3 Å². The molecule has 0 saturated carbocycles. The van der Waals surface area contributed by atoms with E-state index in [1.54, 1.807) is 0 Å². The lowest BCUT2D eigenvalue weighted by atomic mass is 9.77. The minimum absolute atomic E-state index is 0.0602. The predicted octanol–water partition coefficient (Wildman–Crippen LogP) is 0.741. The SMILES string of the molecule is COC(=O)CC1=C(C(=O)O)N2C(=O)[C@@H]3[C@H]2C1CCN3C(=O)Nc1ccc(O)cc1. The molecule has 2 saturated heterocycles. The molecule has 1 aromatic carbocycles. The second kappa shape index (κ2) is 6.80. The first kappa shape index (κ1) is 18.8. The summed E-state index contributed by atoms with van der Waals surface area (Å²) in [6.45, 7) is 0.243. The van der Waals surface area contributed by atoms with E-state index in [-0.39, 0.29) is 30.3 Å². The molecule has 2 fully saturated rings. The fourth-order valence-electron chi connectivity index (χ4n) is 4.42. The van der Waals surface area contributed by atoms with Crippen LogP contribution in [0.15, 0.2) is 35.5 Å². The molecule has 1 aromatic rings. The third-order valence-electron chi connectivity index (χ3n) is 5.68. The first-order chi connectivity index (χ1) is 13.8. The van der Waals surface area contributed by atoms with Gasteiger partial charge in [-0.2, -0.15) is 0 Å². The van der Waals surface area contributed by atoms with Crippen molar-refractivity contribution in [2.24, 2.45) is 5.92 Å². The molecule has 10 nitrogen and oxygen atoms in total. The summed E-state index contributed by atoms with van der Waals surface area (Å²) in [5, 5.41) is 21.6. The highest BCUT2D eigenvalue weighted by Gasteiger charge is 2.64. The predicted molar refractivity (Wildman–Crippen MR) is 97.7 cm³/mol. The highest BCUT2D eigenvalue weighted by atomic mass is 16.5. The Balaban J connectivity index is 1.56. The Bertz CT molecular complexity index is 940. The number of β-lactam (4-membered cyclic amide) rings is 1. The third kappa shape index (κ3) is 2.87. The number of piperidine rings is 1. The van der Waals surface area contributed by atoms with E-state index >= 15 is 0 Å². The number of amides is 3. The molecule has 0 bridgehead atoms. The van der Waals surface area contributed by atoms with Gasteiger partial charge in [-0.3, -0.25) is 14.5 Å². The van der Waals surface area contributed by atoms with E-state index in [9.17, 15) is 29.4 Å². The number of carboxylic acid groups (broad SMARTS) is 1. The summed E-state index contributed by atoms with van der Waals surface area (Å²) in [5.74, 6) is -2.56. The molecule has 10 heteroatoms. The smallest absolute Gasteiger partial charge is 0.352 e. The van der Waals surface area contributed by atoms with E-state index in [2.05, 4.69) is 10.1 Å². The second-order valence-electron chi connectivity index (χ2n) is 7.14. The quantitative estimate of drug-likeness (QED) is 0.384. The molecule has 0 spiro atoms. The molecule has 152 valence electrons. The monoisotopic (exact) mass is 401 g/mol. The molecule has 0 aromatic heterocycles. The van der Waals surface area contributed by atoms with Gasteiger partial charge in [0, 0.05) is 18.2 Å². The number of hydrogen-bond acceptors (Lipinski definition) is 6. The van der Waals surface area contributed by atoms with Gasteiger partial charge in [-0.25, -0.2) is 9.59 Å². The number of nitrogens with one attached hydrogen (secondary N) is 1. The number of methoxy groups -OCH3 is 1. The van der Waals surface area contributed by atoms with Crippen LogP contribution in [0, 0.1) is 5.92 Å². The number of phenolic OH excluding ortho intramolecular Hbond substituents is 1. The highest BCUT2D eigenvalue weighted by molar-refractivity contribution is 6.04. The number of carbonyl (C=O) groups is 4. The van der Waals surface area contributed by atoms with Crippen LogP contribution in [0.3, 0.4) is 0 Å². The number of likely N-dealkylation sites (tertiary alicyclic amines) is 1. The van der Waals surface area contributed by atoms with E-state index in [1.807, 2.05) is 0 Å². The Hall–Kier alpha value is -3.56. The first-order valence-electron chi connectivity index (χ1n) is 9.06. The van der Waals surface area contributed by atoms with Crippen molar-refractivity contribution < 1.29 is 34.1 Å². The Morgan fingerprint density at radius 2 is 1.93 bits per heavy atom. The Morgan fingerprint density at radius 1 is 1.24 bits per heavy atom. The lowest BCUT2D eigenvalue weighted by Crippen LogP contribution is -2.74. The Morgan fingerprint density at radius 3 is 2.55 bits per heavy atom. The lowest BCUT2D eigenvalue weighted by Gasteiger charge is -2.53. The second-order valence-corrected chi connectivity index (χ2v) is 7.14. The fourth-order valence-corrected chi connectivity index (χ4v) is 4.42. The number of carbonyl (C=O) groups excluding carboxylic acids is 3. The van der Waals surface area contributed by atoms with Gasteiger partial charge in [0.1, 0.15) is 17.5 Å². The number of urea groups is 1. The maximum absolute atomic E-state index is 12.7. The molecule has 3 aliphatic heterocycles. The van der Waals surface area contributed by atoms with E-state index in [1.165, 1.54) is 41.2 Å². The summed E-state index contributed by atoms with van der Waals surface area (Å²) in [6, 6.07) is 4.16. The number of nitrogens with zero attached hydrogens (tertiary/aromatic N) is 2. The minimum Gasteiger partial charge on any atom is -0.508 e. The average molecular weight is 401 g/mol. The third-order valence-corrected chi connectivity index (χ3v) is 5.68. The van der Waals surface area contributed by atoms with Crippen LogP contribution in [-0.4, -0.2) is 69.6 Å². The summed E-state index contributed by atoms with van der Waals surface area (Å²) in [4.78, 5) is 51.6. The van der Waals surface area contributed by atoms with Crippen LogP contribution in [0.5, 0.6) is 5.75 Å². The van der Waals surface area contributed by atoms with Crippen molar-refractivity contribution in [3.8, 4) is 5.75 Å². The summed E-state index contributed by atoms with van der Waals surface area (Å²) in [5.41, 5.74) is 0.664. The largest absolute Gasteiger partial charge is 0.508 e. The number of hydrogen-bond donors (Lipinski definition) is 3. The van der Waals surface area contributed by atoms with Crippen molar-refractivity contribution in [2.75, 3.05) is 19.0 Å². The number of rotatable bonds is 4. The van der Waals surface area contributed by atoms with E-state index in [4.69, 9.17) is 0 Å². The Kier molecular flexibility index (Phi) is 4.40. The molecular formula is C19H19N3O7. The average Bonchev–Trinajstić information content (AvgIpc) is 3.01. The van der Waals surface area contributed by atoms with Crippen molar-refractivity contribution in [3.05, 3.63) is 35.5 Å². The van der Waals surface area contributed by atoms with Crippen molar-refractivity contribution >= 4 is 29.6 Å². The van der Waals surface area contributed by atoms with E-state index in [0.29, 0.717) is 17.7 Å². The molecule has 0 aliphatic carbocycles. The first-order valence-corrected chi connectivity index (χ1v) is 9.06. The van der Waals surface area contributed by atoms with Crippen LogP contribution < -0.4 is 5.32 Å². The summed E-state index contributed by atoms with van der Waals surface area (Å²) in [6.07, 6.45) is 0.229. The van der Waals surface area contributed by atoms with Gasteiger partial charge in [0.05, 0.1) is 19.6 Å². The van der Waals surface area contributed by atoms with Crippen molar-refractivity contribution in [1.29, 1.82) is 0 Å². The van der Waals surface area contributed by atoms with Gasteiger partial charge in [-0.1, -0.05) is 0 Å². The molecule has 3 amide bonds. The molecule has 0 radical (unpaired) electrons. The number of aromatic hydroxyl groups is 1. The van der Waals surface area contributed by atoms with Gasteiger partial charge < -0.3 is 25.2 Å². The molecule has 4 rings (SSSR count). The molecule has 3 heterocycles. The van der Waals surface area contributed by atoms with Crippen molar-refractivity contribution in [1.82, 2.24) is 9.80 Å². The topological polar surface area (TPSA) is 136 Å². The van der Waals surface area contributed by atoms with Crippen LogP contribution in [-0.2, 0) is 19.1 Å². The van der Waals surface area contributed by atoms with Crippen molar-refractivity contribution in [2.45, 2.75) is 24.9 Å². The van der Waals surface area contributed by atoms with Gasteiger partial charge in [0.15, 0.2) is 0 Å². The zero-order valence-electron chi connectivity index (χ0n) is 15.5. The van der Waals surface area contributed by atoms with Gasteiger partial charge >= 0.3 is 18.0 Å². The summed E-state index contributed by atoms with van der Waals surface area (Å²) in [7, 11) is 1.22. The number of carboxylic acids is 1. The maximum Gasteiger partial charge on any atom is 0.352 e. The number of aliphatic carboxylic acids is 1. The van der Waals surface area contributed by atoms with Crippen LogP contribution in [0.1, 0.15) is 12.8 Å². The number of ether oxygens (including phenoxy) is 1. The number of phenols is 1. The fraction of sp³-hybridized carbons (Fsp3) is 0.368. The van der Waals surface area contributed by atoms with Gasteiger partial charge in [-0.15, -0.1) is 0 Å². The van der Waals surface area contributed by atoms with E-state index < -0.39 is 36.0 Å². The number of esters is 1. The molecule has 1 unspecified atom stereocenters. The zero-order valence-corrected chi connectivity index (χ0v) is 15.5. The highest BCUT2D eigenvalue weighted by Crippen LogP contribution is 2.50. The number of benzene rings is 1. The van der Waals surface area contributed by atoms with Crippen LogP contribution in [0.2, 0.25) is 0 Å². The number of anilines is 1. The Labute approximate surface area is 165 Å². The normalized spacial score (nSPS) is 24.7. The summed E-state index contributed by atoms with van der Waals surface area (Å²) >= 11 is 0. The van der Waals surface area contributed by atoms with Crippen LogP contribution >= 0.6 is 0 Å². The molecule has 29 heavy (non-hydrogen) atoms. The van der Waals surface area contributed by atoms with Gasteiger partial charge in [0.2, 0.25) is 0 Å². The van der Waals surface area contributed by atoms with Crippen LogP contribution in [0.25, 0.3) is 0 Å². The van der Waals surface area contributed by atoms with Crippen molar-refractivity contribution in [3.63, 3.8) is 0 Å². The molecule has 3 atom stereocenters. The summed E-state index contributed by atoms with van der Waals surface area (Å²) < 4.78 is 4.67. The lowest BCUT2D eigenvalue weighted by molar-refractivity contribution is -0.160.